The number of fused-ring (bicyclic) bond motifs is 1. The lowest BCUT2D eigenvalue weighted by atomic mass is 10.2. The van der Waals surface area contributed by atoms with E-state index in [2.05, 4.69) is 10.1 Å². The zero-order chi connectivity index (χ0) is 13.4. The van der Waals surface area contributed by atoms with Gasteiger partial charge in [-0.1, -0.05) is 18.2 Å². The molecule has 0 saturated carbocycles. The maximum atomic E-state index is 11.2. The Kier molecular flexibility index (Phi) is 2.56. The number of carboxylic acid groups (broad SMARTS) is 1. The summed E-state index contributed by atoms with van der Waals surface area (Å²) in [5.41, 5.74) is 1.85. The third-order valence-corrected chi connectivity index (χ3v) is 3.09. The molecule has 0 fully saturated rings. The van der Waals surface area contributed by atoms with Crippen molar-refractivity contribution in [1.82, 2.24) is 19.3 Å². The molecule has 0 aliphatic carbocycles. The first-order valence-corrected chi connectivity index (χ1v) is 5.81. The second kappa shape index (κ2) is 4.24. The van der Waals surface area contributed by atoms with E-state index in [1.807, 2.05) is 29.8 Å². The molecule has 3 aromatic rings. The third-order valence-electron chi connectivity index (χ3n) is 3.09. The molecule has 1 aromatic carbocycles. The molecule has 0 atom stereocenters. The molecule has 0 bridgehead atoms. The SMILES string of the molecule is Cn1cncc1Cn1nc(C(=O)O)c2ccccc21. The van der Waals surface area contributed by atoms with Crippen molar-refractivity contribution in [3.05, 3.63) is 48.2 Å². The first-order chi connectivity index (χ1) is 9.16. The average Bonchev–Trinajstić information content (AvgIpc) is 2.96. The van der Waals surface area contributed by atoms with E-state index in [0.29, 0.717) is 11.9 Å². The second-order valence-electron chi connectivity index (χ2n) is 4.32. The number of hydrogen-bond donors (Lipinski definition) is 1. The number of aromatic nitrogens is 4. The van der Waals surface area contributed by atoms with E-state index in [1.54, 1.807) is 23.3 Å². The van der Waals surface area contributed by atoms with E-state index in [0.717, 1.165) is 11.2 Å². The molecule has 1 N–H and O–H groups in total. The van der Waals surface area contributed by atoms with Crippen LogP contribution in [0.15, 0.2) is 36.8 Å². The van der Waals surface area contributed by atoms with Gasteiger partial charge < -0.3 is 9.67 Å². The minimum absolute atomic E-state index is 0.0813. The van der Waals surface area contributed by atoms with Crippen molar-refractivity contribution in [2.75, 3.05) is 0 Å². The largest absolute Gasteiger partial charge is 0.476 e. The first-order valence-electron chi connectivity index (χ1n) is 5.81. The standard InChI is InChI=1S/C13H12N4O2/c1-16-8-14-6-9(16)7-17-11-5-3-2-4-10(11)12(15-17)13(18)19/h2-6,8H,7H2,1H3,(H,18,19). The lowest BCUT2D eigenvalue weighted by molar-refractivity contribution is 0.0691. The first kappa shape index (κ1) is 11.5. The molecule has 0 saturated heterocycles. The number of carbonyl (C=O) groups is 1. The van der Waals surface area contributed by atoms with Crippen LogP contribution >= 0.6 is 0 Å². The van der Waals surface area contributed by atoms with Crippen LogP contribution in [0.1, 0.15) is 16.2 Å². The number of aryl methyl sites for hydroxylation is 1. The predicted molar refractivity (Wildman–Crippen MR) is 69.0 cm³/mol. The highest BCUT2D eigenvalue weighted by Gasteiger charge is 2.16. The minimum atomic E-state index is -1.01. The van der Waals surface area contributed by atoms with E-state index in [9.17, 15) is 9.90 Å². The van der Waals surface area contributed by atoms with Gasteiger partial charge in [0.1, 0.15) is 0 Å². The highest BCUT2D eigenvalue weighted by Crippen LogP contribution is 2.19. The molecule has 2 aromatic heterocycles. The number of aromatic carboxylic acids is 1. The van der Waals surface area contributed by atoms with E-state index in [1.165, 1.54) is 0 Å². The Balaban J connectivity index is 2.14. The molecule has 6 heteroatoms. The Bertz CT molecular complexity index is 757. The third kappa shape index (κ3) is 1.87. The number of carboxylic acids is 1. The number of para-hydroxylation sites is 1. The quantitative estimate of drug-likeness (QED) is 0.771. The average molecular weight is 256 g/mol. The summed E-state index contributed by atoms with van der Waals surface area (Å²) < 4.78 is 3.58. The molecule has 96 valence electrons. The monoisotopic (exact) mass is 256 g/mol. The molecular formula is C13H12N4O2. The minimum Gasteiger partial charge on any atom is -0.476 e. The van der Waals surface area contributed by atoms with Crippen molar-refractivity contribution in [2.24, 2.45) is 7.05 Å². The van der Waals surface area contributed by atoms with Gasteiger partial charge in [-0.3, -0.25) is 4.68 Å². The number of hydrogen-bond acceptors (Lipinski definition) is 3. The Morgan fingerprint density at radius 3 is 2.84 bits per heavy atom. The van der Waals surface area contributed by atoms with Gasteiger partial charge in [0.25, 0.3) is 0 Å². The van der Waals surface area contributed by atoms with Gasteiger partial charge in [-0.05, 0) is 6.07 Å². The Labute approximate surface area is 108 Å². The lowest BCUT2D eigenvalue weighted by Crippen LogP contribution is -2.07. The van der Waals surface area contributed by atoms with Crippen LogP contribution in [-0.2, 0) is 13.6 Å². The Hall–Kier alpha value is -2.63. The van der Waals surface area contributed by atoms with Gasteiger partial charge in [0.15, 0.2) is 5.69 Å². The molecule has 0 amide bonds. The van der Waals surface area contributed by atoms with Crippen LogP contribution < -0.4 is 0 Å². The van der Waals surface area contributed by atoms with Gasteiger partial charge in [0.2, 0.25) is 0 Å². The molecule has 0 unspecified atom stereocenters. The fraction of sp³-hybridized carbons (Fsp3) is 0.154. The van der Waals surface area contributed by atoms with Crippen LogP contribution in [0.3, 0.4) is 0 Å². The summed E-state index contributed by atoms with van der Waals surface area (Å²) in [5, 5.41) is 14.0. The van der Waals surface area contributed by atoms with Crippen LogP contribution in [0.25, 0.3) is 10.9 Å². The van der Waals surface area contributed by atoms with Gasteiger partial charge in [-0.15, -0.1) is 0 Å². The van der Waals surface area contributed by atoms with Gasteiger partial charge in [0, 0.05) is 12.4 Å². The van der Waals surface area contributed by atoms with Crippen molar-refractivity contribution >= 4 is 16.9 Å². The molecule has 19 heavy (non-hydrogen) atoms. The van der Waals surface area contributed by atoms with Crippen molar-refractivity contribution in [3.8, 4) is 0 Å². The number of nitrogens with zero attached hydrogens (tertiary/aromatic N) is 4. The topological polar surface area (TPSA) is 72.9 Å². The lowest BCUT2D eigenvalue weighted by Gasteiger charge is -2.03. The fourth-order valence-corrected chi connectivity index (χ4v) is 2.10. The van der Waals surface area contributed by atoms with E-state index in [4.69, 9.17) is 0 Å². The number of imidazole rings is 1. The molecule has 0 spiro atoms. The summed E-state index contributed by atoms with van der Waals surface area (Å²) in [5.74, 6) is -1.01. The smallest absolute Gasteiger partial charge is 0.357 e. The molecule has 2 heterocycles. The van der Waals surface area contributed by atoms with Crippen molar-refractivity contribution in [2.45, 2.75) is 6.54 Å². The highest BCUT2D eigenvalue weighted by molar-refractivity contribution is 6.01. The van der Waals surface area contributed by atoms with Gasteiger partial charge in [-0.25, -0.2) is 9.78 Å². The number of rotatable bonds is 3. The predicted octanol–water partition coefficient (Wildman–Crippen LogP) is 1.52. The summed E-state index contributed by atoms with van der Waals surface area (Å²) in [7, 11) is 1.89. The molecule has 0 aliphatic heterocycles. The van der Waals surface area contributed by atoms with Crippen LogP contribution in [-0.4, -0.2) is 30.4 Å². The molecule has 0 radical (unpaired) electrons. The Morgan fingerprint density at radius 1 is 1.37 bits per heavy atom. The van der Waals surface area contributed by atoms with Crippen LogP contribution in [0.4, 0.5) is 0 Å². The maximum Gasteiger partial charge on any atom is 0.357 e. The molecular weight excluding hydrogens is 244 g/mol. The van der Waals surface area contributed by atoms with Crippen molar-refractivity contribution in [3.63, 3.8) is 0 Å². The van der Waals surface area contributed by atoms with Gasteiger partial charge in [0.05, 0.1) is 30.3 Å². The van der Waals surface area contributed by atoms with E-state index in [-0.39, 0.29) is 5.69 Å². The zero-order valence-electron chi connectivity index (χ0n) is 10.3. The van der Waals surface area contributed by atoms with Crippen LogP contribution in [0, 0.1) is 0 Å². The molecule has 0 aliphatic rings. The van der Waals surface area contributed by atoms with Crippen LogP contribution in [0.5, 0.6) is 0 Å². The highest BCUT2D eigenvalue weighted by atomic mass is 16.4. The van der Waals surface area contributed by atoms with E-state index < -0.39 is 5.97 Å². The fourth-order valence-electron chi connectivity index (χ4n) is 2.10. The maximum absolute atomic E-state index is 11.2. The Morgan fingerprint density at radius 2 is 2.16 bits per heavy atom. The zero-order valence-corrected chi connectivity index (χ0v) is 10.3. The van der Waals surface area contributed by atoms with Crippen molar-refractivity contribution in [1.29, 1.82) is 0 Å². The van der Waals surface area contributed by atoms with Crippen LogP contribution in [0.2, 0.25) is 0 Å². The summed E-state index contributed by atoms with van der Waals surface area (Å²) in [6, 6.07) is 7.32. The normalized spacial score (nSPS) is 11.0. The molecule has 3 rings (SSSR count). The molecule has 6 nitrogen and oxygen atoms in total. The number of benzene rings is 1. The van der Waals surface area contributed by atoms with Crippen molar-refractivity contribution < 1.29 is 9.90 Å². The van der Waals surface area contributed by atoms with E-state index >= 15 is 0 Å². The summed E-state index contributed by atoms with van der Waals surface area (Å²) in [6.45, 7) is 0.490. The van der Waals surface area contributed by atoms with Gasteiger partial charge >= 0.3 is 5.97 Å². The second-order valence-corrected chi connectivity index (χ2v) is 4.32. The van der Waals surface area contributed by atoms with Gasteiger partial charge in [-0.2, -0.15) is 5.10 Å². The summed E-state index contributed by atoms with van der Waals surface area (Å²) in [6.07, 6.45) is 3.45. The summed E-state index contributed by atoms with van der Waals surface area (Å²) in [4.78, 5) is 15.2. The summed E-state index contributed by atoms with van der Waals surface area (Å²) >= 11 is 0.